The molecule has 0 spiro atoms. The first kappa shape index (κ1) is 13.3. The van der Waals surface area contributed by atoms with E-state index >= 15 is 0 Å². The van der Waals surface area contributed by atoms with Crippen molar-refractivity contribution in [2.24, 2.45) is 11.8 Å². The Hall–Kier alpha value is -1.09. The number of nitrogens with two attached hydrogens (primary N) is 1. The lowest BCUT2D eigenvalue weighted by atomic mass is 9.68. The van der Waals surface area contributed by atoms with Gasteiger partial charge in [-0.05, 0) is 36.3 Å². The van der Waals surface area contributed by atoms with Crippen LogP contribution < -0.4 is 5.73 Å². The van der Waals surface area contributed by atoms with Crippen molar-refractivity contribution in [2.45, 2.75) is 51.6 Å². The van der Waals surface area contributed by atoms with Crippen LogP contribution in [0.15, 0.2) is 18.5 Å². The smallest absolute Gasteiger partial charge is 0.0719 e. The Morgan fingerprint density at radius 1 is 1.50 bits per heavy atom. The van der Waals surface area contributed by atoms with Gasteiger partial charge in [-0.15, -0.1) is 0 Å². The largest absolute Gasteiger partial charge is 0.398 e. The molecule has 1 saturated carbocycles. The fraction of sp³-hybridized carbons (Fsp3) is 0.667. The predicted octanol–water partition coefficient (Wildman–Crippen LogP) is 2.78. The number of nitrogens with zero attached hydrogens (tertiary/aromatic N) is 1. The fourth-order valence-electron chi connectivity index (χ4n) is 3.34. The second kappa shape index (κ2) is 5.27. The molecule has 2 unspecified atom stereocenters. The van der Waals surface area contributed by atoms with Crippen molar-refractivity contribution < 1.29 is 5.11 Å². The van der Waals surface area contributed by atoms with Crippen LogP contribution in [0.2, 0.25) is 0 Å². The Bertz CT molecular complexity index is 405. The van der Waals surface area contributed by atoms with E-state index in [0.717, 1.165) is 30.5 Å². The molecule has 0 aliphatic heterocycles. The first-order valence-electron chi connectivity index (χ1n) is 6.93. The molecular formula is C15H24N2O. The average Bonchev–Trinajstić information content (AvgIpc) is 2.32. The van der Waals surface area contributed by atoms with Gasteiger partial charge in [0, 0.05) is 24.5 Å². The minimum Gasteiger partial charge on any atom is -0.398 e. The van der Waals surface area contributed by atoms with Gasteiger partial charge in [0.15, 0.2) is 0 Å². The van der Waals surface area contributed by atoms with E-state index in [0.29, 0.717) is 18.3 Å². The third kappa shape index (κ3) is 2.66. The molecule has 3 heteroatoms. The van der Waals surface area contributed by atoms with Gasteiger partial charge in [0.25, 0.3) is 0 Å². The molecule has 0 radical (unpaired) electrons. The highest BCUT2D eigenvalue weighted by molar-refractivity contribution is 5.45. The SMILES string of the molecule is CC(C)C1CCCCC1(O)Cc1cnccc1N. The summed E-state index contributed by atoms with van der Waals surface area (Å²) in [5, 5.41) is 11.0. The van der Waals surface area contributed by atoms with Gasteiger partial charge in [0.2, 0.25) is 0 Å². The summed E-state index contributed by atoms with van der Waals surface area (Å²) in [4.78, 5) is 4.12. The second-order valence-electron chi connectivity index (χ2n) is 5.95. The third-order valence-electron chi connectivity index (χ3n) is 4.31. The number of hydrogen-bond donors (Lipinski definition) is 2. The van der Waals surface area contributed by atoms with Crippen LogP contribution in [0, 0.1) is 11.8 Å². The highest BCUT2D eigenvalue weighted by atomic mass is 16.3. The Morgan fingerprint density at radius 2 is 2.28 bits per heavy atom. The number of aromatic nitrogens is 1. The molecular weight excluding hydrogens is 224 g/mol. The topological polar surface area (TPSA) is 59.1 Å². The van der Waals surface area contributed by atoms with Gasteiger partial charge in [-0.1, -0.05) is 26.7 Å². The first-order valence-corrected chi connectivity index (χ1v) is 6.93. The zero-order valence-corrected chi connectivity index (χ0v) is 11.4. The number of pyridine rings is 1. The van der Waals surface area contributed by atoms with Crippen molar-refractivity contribution in [3.05, 3.63) is 24.0 Å². The monoisotopic (exact) mass is 248 g/mol. The molecule has 2 rings (SSSR count). The van der Waals surface area contributed by atoms with Crippen molar-refractivity contribution in [2.75, 3.05) is 5.73 Å². The van der Waals surface area contributed by atoms with Gasteiger partial charge in [-0.3, -0.25) is 4.98 Å². The van der Waals surface area contributed by atoms with Crippen LogP contribution in [0.3, 0.4) is 0 Å². The minimum absolute atomic E-state index is 0.367. The predicted molar refractivity (Wildman–Crippen MR) is 74.1 cm³/mol. The van der Waals surface area contributed by atoms with Crippen LogP contribution in [-0.4, -0.2) is 15.7 Å². The van der Waals surface area contributed by atoms with Crippen LogP contribution in [0.1, 0.15) is 45.1 Å². The zero-order chi connectivity index (χ0) is 13.2. The van der Waals surface area contributed by atoms with Gasteiger partial charge in [0.1, 0.15) is 0 Å². The maximum Gasteiger partial charge on any atom is 0.0719 e. The molecule has 18 heavy (non-hydrogen) atoms. The second-order valence-corrected chi connectivity index (χ2v) is 5.95. The molecule has 1 fully saturated rings. The minimum atomic E-state index is -0.608. The maximum absolute atomic E-state index is 11.0. The number of nitrogen functional groups attached to an aromatic ring is 1. The molecule has 2 atom stereocenters. The molecule has 3 N–H and O–H groups in total. The molecule has 1 aromatic heterocycles. The average molecular weight is 248 g/mol. The quantitative estimate of drug-likeness (QED) is 0.864. The molecule has 1 heterocycles. The van der Waals surface area contributed by atoms with Crippen LogP contribution in [0.4, 0.5) is 5.69 Å². The molecule has 0 amide bonds. The Morgan fingerprint density at radius 3 is 2.94 bits per heavy atom. The molecule has 1 aliphatic carbocycles. The Kier molecular flexibility index (Phi) is 3.91. The van der Waals surface area contributed by atoms with Gasteiger partial charge >= 0.3 is 0 Å². The summed E-state index contributed by atoms with van der Waals surface area (Å²) >= 11 is 0. The lowest BCUT2D eigenvalue weighted by Gasteiger charge is -2.42. The molecule has 100 valence electrons. The molecule has 1 aliphatic rings. The molecule has 0 bridgehead atoms. The van der Waals surface area contributed by atoms with E-state index in [9.17, 15) is 5.11 Å². The van der Waals surface area contributed by atoms with Crippen LogP contribution in [-0.2, 0) is 6.42 Å². The molecule has 3 nitrogen and oxygen atoms in total. The van der Waals surface area contributed by atoms with Gasteiger partial charge in [0.05, 0.1) is 5.60 Å². The number of hydrogen-bond acceptors (Lipinski definition) is 3. The van der Waals surface area contributed by atoms with Crippen molar-refractivity contribution in [3.8, 4) is 0 Å². The van der Waals surface area contributed by atoms with Crippen molar-refractivity contribution in [1.82, 2.24) is 4.98 Å². The highest BCUT2D eigenvalue weighted by Crippen LogP contribution is 2.40. The summed E-state index contributed by atoms with van der Waals surface area (Å²) in [7, 11) is 0. The van der Waals surface area contributed by atoms with E-state index in [1.807, 2.05) is 6.07 Å². The molecule has 0 aromatic carbocycles. The van der Waals surface area contributed by atoms with E-state index in [2.05, 4.69) is 18.8 Å². The summed E-state index contributed by atoms with van der Waals surface area (Å²) in [5.41, 5.74) is 7.08. The van der Waals surface area contributed by atoms with Crippen LogP contribution in [0.5, 0.6) is 0 Å². The van der Waals surface area contributed by atoms with E-state index in [1.165, 1.54) is 6.42 Å². The van der Waals surface area contributed by atoms with Crippen LogP contribution >= 0.6 is 0 Å². The number of aliphatic hydroxyl groups is 1. The summed E-state index contributed by atoms with van der Waals surface area (Å²) < 4.78 is 0. The molecule has 1 aromatic rings. The van der Waals surface area contributed by atoms with Crippen molar-refractivity contribution in [1.29, 1.82) is 0 Å². The first-order chi connectivity index (χ1) is 8.53. The number of anilines is 1. The standard InChI is InChI=1S/C15H24N2O/c1-11(2)13-5-3-4-7-15(13,18)9-12-10-17-8-6-14(12)16/h6,8,10-11,13,18H,3-5,7,9H2,1-2H3,(H2,16,17). The summed E-state index contributed by atoms with van der Waals surface area (Å²) in [5.74, 6) is 0.874. The Balaban J connectivity index is 2.21. The van der Waals surface area contributed by atoms with E-state index in [-0.39, 0.29) is 0 Å². The van der Waals surface area contributed by atoms with Crippen molar-refractivity contribution >= 4 is 5.69 Å². The van der Waals surface area contributed by atoms with Gasteiger partial charge in [-0.25, -0.2) is 0 Å². The van der Waals surface area contributed by atoms with E-state index < -0.39 is 5.60 Å². The third-order valence-corrected chi connectivity index (χ3v) is 4.31. The highest BCUT2D eigenvalue weighted by Gasteiger charge is 2.40. The summed E-state index contributed by atoms with van der Waals surface area (Å²) in [6.07, 6.45) is 8.46. The molecule has 0 saturated heterocycles. The van der Waals surface area contributed by atoms with Gasteiger partial charge < -0.3 is 10.8 Å². The maximum atomic E-state index is 11.0. The summed E-state index contributed by atoms with van der Waals surface area (Å²) in [6.45, 7) is 4.40. The van der Waals surface area contributed by atoms with E-state index in [1.54, 1.807) is 12.4 Å². The lowest BCUT2D eigenvalue weighted by Crippen LogP contribution is -2.45. The number of rotatable bonds is 3. The fourth-order valence-corrected chi connectivity index (χ4v) is 3.34. The van der Waals surface area contributed by atoms with Crippen LogP contribution in [0.25, 0.3) is 0 Å². The zero-order valence-electron chi connectivity index (χ0n) is 11.4. The summed E-state index contributed by atoms with van der Waals surface area (Å²) in [6, 6.07) is 1.81. The van der Waals surface area contributed by atoms with Gasteiger partial charge in [-0.2, -0.15) is 0 Å². The normalized spacial score (nSPS) is 28.6. The van der Waals surface area contributed by atoms with Crippen molar-refractivity contribution in [3.63, 3.8) is 0 Å². The van der Waals surface area contributed by atoms with E-state index in [4.69, 9.17) is 5.73 Å². The Labute approximate surface area is 109 Å². The lowest BCUT2D eigenvalue weighted by molar-refractivity contribution is -0.0652.